The Morgan fingerprint density at radius 3 is 2.38 bits per heavy atom. The topological polar surface area (TPSA) is 63.8 Å². The van der Waals surface area contributed by atoms with E-state index in [0.717, 1.165) is 0 Å². The van der Waals surface area contributed by atoms with E-state index in [1.54, 1.807) is 0 Å². The zero-order valence-electron chi connectivity index (χ0n) is 8.08. The number of halogens is 5. The summed E-state index contributed by atoms with van der Waals surface area (Å²) in [6.45, 7) is -1.06. The summed E-state index contributed by atoms with van der Waals surface area (Å²) < 4.78 is 36.3. The first kappa shape index (κ1) is 17.7. The maximum atomic E-state index is 11.9. The normalized spacial score (nSPS) is 10.5. The Morgan fingerprint density at radius 2 is 1.94 bits per heavy atom. The molecule has 4 nitrogen and oxygen atoms in total. The number of hydrogen-bond donors (Lipinski definition) is 2. The Kier molecular flexibility index (Phi) is 7.56. The second-order valence-corrected chi connectivity index (χ2v) is 2.84. The zero-order valence-corrected chi connectivity index (χ0v) is 9.71. The molecule has 0 saturated heterocycles. The molecule has 0 aliphatic rings. The molecular weight excluding hydrogens is 270 g/mol. The molecule has 0 amide bonds. The van der Waals surface area contributed by atoms with Gasteiger partial charge in [-0.3, -0.25) is 4.79 Å². The molecule has 0 spiro atoms. The number of rotatable bonds is 3. The summed E-state index contributed by atoms with van der Waals surface area (Å²) in [5.41, 5.74) is 4.80. The molecule has 0 atom stereocenters. The van der Waals surface area contributed by atoms with Crippen molar-refractivity contribution >= 4 is 24.8 Å². The summed E-state index contributed by atoms with van der Waals surface area (Å²) in [4.78, 5) is 11.2. The fourth-order valence-corrected chi connectivity index (χ4v) is 1.08. The van der Waals surface area contributed by atoms with Crippen LogP contribution >= 0.6 is 24.8 Å². The van der Waals surface area contributed by atoms with Crippen LogP contribution in [-0.2, 0) is 13.0 Å². The van der Waals surface area contributed by atoms with Gasteiger partial charge in [0.05, 0.1) is 0 Å². The number of aromatic amines is 1. The molecule has 0 bridgehead atoms. The van der Waals surface area contributed by atoms with Gasteiger partial charge in [0, 0.05) is 11.8 Å². The predicted molar refractivity (Wildman–Crippen MR) is 58.4 cm³/mol. The number of H-pyrrole nitrogens is 1. The first-order valence-electron chi connectivity index (χ1n) is 3.98. The lowest BCUT2D eigenvalue weighted by atomic mass is 10.2. The predicted octanol–water partition coefficient (Wildman–Crippen LogP) is 1.08. The van der Waals surface area contributed by atoms with Gasteiger partial charge in [-0.1, -0.05) is 0 Å². The minimum Gasteiger partial charge on any atom is -0.330 e. The first-order chi connectivity index (χ1) is 6.44. The van der Waals surface area contributed by atoms with Gasteiger partial charge in [0.25, 0.3) is 5.56 Å². The van der Waals surface area contributed by atoms with Crippen molar-refractivity contribution in [3.63, 3.8) is 0 Å². The highest BCUT2D eigenvalue weighted by molar-refractivity contribution is 5.85. The second-order valence-electron chi connectivity index (χ2n) is 2.84. The van der Waals surface area contributed by atoms with Crippen molar-refractivity contribution in [2.45, 2.75) is 19.1 Å². The van der Waals surface area contributed by atoms with E-state index in [1.165, 1.54) is 6.20 Å². The monoisotopic (exact) mass is 281 g/mol. The van der Waals surface area contributed by atoms with Crippen LogP contribution in [0.5, 0.6) is 0 Å². The highest BCUT2D eigenvalue weighted by Crippen LogP contribution is 2.15. The summed E-state index contributed by atoms with van der Waals surface area (Å²) in [7, 11) is 0. The van der Waals surface area contributed by atoms with E-state index in [2.05, 4.69) is 5.10 Å². The summed E-state index contributed by atoms with van der Waals surface area (Å²) in [5.74, 6) is 0. The maximum Gasteiger partial charge on any atom is 0.408 e. The van der Waals surface area contributed by atoms with Gasteiger partial charge in [-0.05, 0) is 13.0 Å². The van der Waals surface area contributed by atoms with E-state index in [0.29, 0.717) is 4.68 Å². The molecule has 1 rings (SSSR count). The first-order valence-corrected chi connectivity index (χ1v) is 3.98. The fourth-order valence-electron chi connectivity index (χ4n) is 1.08. The molecular formula is C7H12Cl2F3N3O. The number of aromatic nitrogens is 2. The van der Waals surface area contributed by atoms with Crippen LogP contribution in [0.25, 0.3) is 0 Å². The van der Waals surface area contributed by atoms with Crippen molar-refractivity contribution in [3.05, 3.63) is 22.1 Å². The van der Waals surface area contributed by atoms with Crippen molar-refractivity contribution in [1.29, 1.82) is 0 Å². The Labute approximate surface area is 102 Å². The molecule has 16 heavy (non-hydrogen) atoms. The van der Waals surface area contributed by atoms with Crippen LogP contribution in [0.3, 0.4) is 0 Å². The summed E-state index contributed by atoms with van der Waals surface area (Å²) in [6, 6.07) is 0. The Bertz CT molecular complexity index is 360. The number of nitrogens with two attached hydrogens (primary N) is 1. The minimum atomic E-state index is -4.39. The van der Waals surface area contributed by atoms with Crippen LogP contribution in [0.15, 0.2) is 11.0 Å². The van der Waals surface area contributed by atoms with E-state index >= 15 is 0 Å². The van der Waals surface area contributed by atoms with Crippen LogP contribution in [0.2, 0.25) is 0 Å². The van der Waals surface area contributed by atoms with Crippen LogP contribution in [0, 0.1) is 0 Å². The molecule has 0 fully saturated rings. The Morgan fingerprint density at radius 1 is 1.38 bits per heavy atom. The smallest absolute Gasteiger partial charge is 0.330 e. The van der Waals surface area contributed by atoms with Gasteiger partial charge in [-0.25, -0.2) is 4.68 Å². The van der Waals surface area contributed by atoms with Gasteiger partial charge in [0.1, 0.15) is 6.54 Å². The molecule has 0 radical (unpaired) electrons. The highest BCUT2D eigenvalue weighted by Gasteiger charge is 2.29. The molecule has 1 heterocycles. The minimum absolute atomic E-state index is 0. The molecule has 96 valence electrons. The number of nitrogens with zero attached hydrogens (tertiary/aromatic N) is 1. The number of nitrogens with one attached hydrogen (secondary N) is 1. The van der Waals surface area contributed by atoms with Gasteiger partial charge in [-0.2, -0.15) is 13.2 Å². The fraction of sp³-hybridized carbons (Fsp3) is 0.571. The molecule has 0 aliphatic heterocycles. The molecule has 0 saturated carbocycles. The van der Waals surface area contributed by atoms with Crippen molar-refractivity contribution in [1.82, 2.24) is 9.78 Å². The third kappa shape index (κ3) is 4.91. The molecule has 0 aliphatic carbocycles. The van der Waals surface area contributed by atoms with E-state index < -0.39 is 18.3 Å². The molecule has 3 N–H and O–H groups in total. The van der Waals surface area contributed by atoms with Crippen LogP contribution in [-0.4, -0.2) is 22.5 Å². The Hall–Kier alpha value is -0.660. The van der Waals surface area contributed by atoms with Crippen molar-refractivity contribution < 1.29 is 13.2 Å². The third-order valence-electron chi connectivity index (χ3n) is 1.67. The molecule has 9 heteroatoms. The highest BCUT2D eigenvalue weighted by atomic mass is 35.5. The molecule has 1 aromatic rings. The van der Waals surface area contributed by atoms with Crippen LogP contribution in [0.1, 0.15) is 5.56 Å². The average molecular weight is 282 g/mol. The largest absolute Gasteiger partial charge is 0.408 e. The van der Waals surface area contributed by atoms with Crippen LogP contribution in [0.4, 0.5) is 13.2 Å². The van der Waals surface area contributed by atoms with Gasteiger partial charge >= 0.3 is 6.18 Å². The number of hydrogen-bond acceptors (Lipinski definition) is 2. The standard InChI is InChI=1S/C7H10F3N3O.2ClH/c8-7(9,10)4-13-6(14)5(1-2-11)3-12-13;;/h3,12H,1-2,4,11H2;2*1H. The quantitative estimate of drug-likeness (QED) is 0.871. The third-order valence-corrected chi connectivity index (χ3v) is 1.67. The Balaban J connectivity index is 0. The maximum absolute atomic E-state index is 11.9. The van der Waals surface area contributed by atoms with E-state index in [1.807, 2.05) is 0 Å². The SMILES string of the molecule is Cl.Cl.NCCc1c[nH]n(CC(F)(F)F)c1=O. The van der Waals surface area contributed by atoms with E-state index in [4.69, 9.17) is 5.73 Å². The summed E-state index contributed by atoms with van der Waals surface area (Å²) in [6.07, 6.45) is -2.87. The zero-order chi connectivity index (χ0) is 10.8. The summed E-state index contributed by atoms with van der Waals surface area (Å²) >= 11 is 0. The lowest BCUT2D eigenvalue weighted by Crippen LogP contribution is -2.28. The van der Waals surface area contributed by atoms with Crippen molar-refractivity contribution in [2.24, 2.45) is 5.73 Å². The van der Waals surface area contributed by atoms with Crippen molar-refractivity contribution in [3.8, 4) is 0 Å². The summed E-state index contributed by atoms with van der Waals surface area (Å²) in [5, 5.41) is 2.24. The lowest BCUT2D eigenvalue weighted by Gasteiger charge is -2.05. The number of alkyl halides is 3. The van der Waals surface area contributed by atoms with Gasteiger partial charge < -0.3 is 10.8 Å². The lowest BCUT2D eigenvalue weighted by molar-refractivity contribution is -0.143. The van der Waals surface area contributed by atoms with Gasteiger partial charge in [-0.15, -0.1) is 24.8 Å². The second kappa shape index (κ2) is 6.82. The average Bonchev–Trinajstić information content (AvgIpc) is 2.34. The molecule has 0 unspecified atom stereocenters. The van der Waals surface area contributed by atoms with Gasteiger partial charge in [0.2, 0.25) is 0 Å². The van der Waals surface area contributed by atoms with Gasteiger partial charge in [0.15, 0.2) is 0 Å². The van der Waals surface area contributed by atoms with Crippen LogP contribution < -0.4 is 11.3 Å². The molecule has 0 aromatic carbocycles. The van der Waals surface area contributed by atoms with Crippen molar-refractivity contribution in [2.75, 3.05) is 6.54 Å². The van der Waals surface area contributed by atoms with E-state index in [-0.39, 0.29) is 43.3 Å². The van der Waals surface area contributed by atoms with E-state index in [9.17, 15) is 18.0 Å². The molecule has 1 aromatic heterocycles.